The Kier molecular flexibility index (Phi) is 11.6. The van der Waals surface area contributed by atoms with Crippen molar-refractivity contribution in [3.05, 3.63) is 46.1 Å². The van der Waals surface area contributed by atoms with E-state index < -0.39 is 66.6 Å². The number of carboxylic acid groups (broad SMARTS) is 2. The van der Waals surface area contributed by atoms with E-state index in [1.54, 1.807) is 24.3 Å². The molecule has 2 aromatic carbocycles. The molecule has 17 heteroatoms. The van der Waals surface area contributed by atoms with Crippen molar-refractivity contribution in [2.24, 2.45) is 4.99 Å². The maximum Gasteiger partial charge on any atom is 1.00 e. The first kappa shape index (κ1) is 39.2. The van der Waals surface area contributed by atoms with E-state index in [4.69, 9.17) is 14.8 Å². The molecule has 0 fully saturated rings. The fourth-order valence-electron chi connectivity index (χ4n) is 7.52. The number of unbranched alkanes of at least 4 members (excludes halogenated alkanes) is 1. The first-order valence-electron chi connectivity index (χ1n) is 15.8. The van der Waals surface area contributed by atoms with Crippen molar-refractivity contribution in [1.29, 1.82) is 0 Å². The van der Waals surface area contributed by atoms with Crippen molar-refractivity contribution in [2.75, 3.05) is 23.4 Å². The molecular formula is C32H40N3NaO11S2. The van der Waals surface area contributed by atoms with Crippen molar-refractivity contribution in [1.82, 2.24) is 4.58 Å². The van der Waals surface area contributed by atoms with E-state index >= 15 is 0 Å². The summed E-state index contributed by atoms with van der Waals surface area (Å²) < 4.78 is 80.1. The molecule has 3 N–H and O–H groups in total. The van der Waals surface area contributed by atoms with Crippen LogP contribution in [-0.4, -0.2) is 77.2 Å². The summed E-state index contributed by atoms with van der Waals surface area (Å²) in [6.45, 7) is 6.03. The third-order valence-corrected chi connectivity index (χ3v) is 11.0. The van der Waals surface area contributed by atoms with Crippen LogP contribution in [0.2, 0.25) is 0 Å². The number of anilines is 1. The van der Waals surface area contributed by atoms with E-state index in [2.05, 4.69) is 5.32 Å². The predicted molar refractivity (Wildman–Crippen MR) is 172 cm³/mol. The second kappa shape index (κ2) is 14.6. The van der Waals surface area contributed by atoms with Gasteiger partial charge >= 0.3 is 41.5 Å². The minimum absolute atomic E-state index is 0. The molecule has 0 saturated carbocycles. The molecule has 0 bridgehead atoms. The molecule has 3 atom stereocenters. The van der Waals surface area contributed by atoms with Gasteiger partial charge in [0.2, 0.25) is 5.36 Å². The second-order valence-corrected chi connectivity index (χ2v) is 16.9. The second-order valence-electron chi connectivity index (χ2n) is 14.0. The molecule has 3 aliphatic rings. The number of nitrogens with one attached hydrogen (secondary N) is 1. The molecule has 0 spiro atoms. The van der Waals surface area contributed by atoms with E-state index in [0.29, 0.717) is 76.9 Å². The number of benzene rings is 2. The predicted octanol–water partition coefficient (Wildman–Crippen LogP) is -0.237. The number of hydrogen-bond donors (Lipinski definition) is 3. The van der Waals surface area contributed by atoms with Gasteiger partial charge in [0, 0.05) is 78.8 Å². The molecule has 0 saturated heterocycles. The SMILES string of the molecule is CC1(C)CC(CS(=O)(=O)[O-])c2cc3c(cc2N1)Oc1cc2c(cc1=N3)C(CS(=O)(=O)[O-])CC(C)(CCCCC(=O)O)[N+]=2CCCC(=O)O.[Na+]. The largest absolute Gasteiger partial charge is 1.00 e. The fourth-order valence-corrected chi connectivity index (χ4v) is 9.10. The molecule has 0 aliphatic carbocycles. The van der Waals surface area contributed by atoms with Crippen LogP contribution in [0.15, 0.2) is 29.3 Å². The van der Waals surface area contributed by atoms with Crippen LogP contribution >= 0.6 is 0 Å². The molecule has 3 aliphatic heterocycles. The van der Waals surface area contributed by atoms with Crippen LogP contribution in [0.4, 0.5) is 11.4 Å². The van der Waals surface area contributed by atoms with Crippen LogP contribution in [0.3, 0.4) is 0 Å². The molecule has 0 amide bonds. The van der Waals surface area contributed by atoms with Crippen LogP contribution in [0, 0.1) is 0 Å². The van der Waals surface area contributed by atoms with Crippen molar-refractivity contribution in [3.8, 4) is 11.5 Å². The Bertz CT molecular complexity index is 2000. The molecule has 5 rings (SSSR count). The Morgan fingerprint density at radius 1 is 0.898 bits per heavy atom. The minimum atomic E-state index is -4.68. The van der Waals surface area contributed by atoms with Crippen molar-refractivity contribution in [2.45, 2.75) is 95.1 Å². The van der Waals surface area contributed by atoms with Gasteiger partial charge in [-0.2, -0.15) is 0 Å². The quantitative estimate of drug-likeness (QED) is 0.0898. The number of carboxylic acids is 2. The molecular weight excluding hydrogens is 689 g/mol. The van der Waals surface area contributed by atoms with Gasteiger partial charge in [-0.1, -0.05) is 0 Å². The third kappa shape index (κ3) is 9.60. The molecule has 3 unspecified atom stereocenters. The molecule has 262 valence electrons. The smallest absolute Gasteiger partial charge is 0.748 e. The van der Waals surface area contributed by atoms with Crippen molar-refractivity contribution < 1.29 is 80.0 Å². The van der Waals surface area contributed by atoms with Gasteiger partial charge in [0.05, 0.1) is 32.7 Å². The van der Waals surface area contributed by atoms with Gasteiger partial charge in [0.1, 0.15) is 17.6 Å². The summed E-state index contributed by atoms with van der Waals surface area (Å²) in [7, 11) is -9.21. The van der Waals surface area contributed by atoms with Gasteiger partial charge in [-0.3, -0.25) is 9.59 Å². The van der Waals surface area contributed by atoms with Gasteiger partial charge < -0.3 is 29.4 Å². The number of fused-ring (bicyclic) bond motifs is 4. The Balaban J connectivity index is 0.00000541. The summed E-state index contributed by atoms with van der Waals surface area (Å²) in [5.74, 6) is -3.74. The van der Waals surface area contributed by atoms with Crippen molar-refractivity contribution in [3.63, 3.8) is 0 Å². The number of rotatable bonds is 13. The molecule has 0 aromatic heterocycles. The number of nitrogens with zero attached hydrogens (tertiary/aromatic N) is 2. The van der Waals surface area contributed by atoms with Crippen LogP contribution in [0.1, 0.15) is 95.1 Å². The standard InChI is InChI=1S/C32H41N3O11S2.Na/c1-31(2)15-19(17-47(40,41)42)21-11-24-27(13-23(21)34-31)46-28-14-26-22(12-25(28)33-24)20(18-48(43,44)45)16-32(3,9-5-4-7-29(36)37)35(26)10-6-8-30(38)39;/h11-14,19-20H,4-10,15-18H2,1-3H3,(H4,36,37,38,39,40,41,42,43,44,45);/q;+1/p-1. The maximum atomic E-state index is 12.1. The molecule has 49 heavy (non-hydrogen) atoms. The topological polar surface area (TPSA) is 226 Å². The summed E-state index contributed by atoms with van der Waals surface area (Å²) in [4.78, 5) is 27.3. The van der Waals surface area contributed by atoms with Crippen molar-refractivity contribution >= 4 is 43.5 Å². The normalized spacial score (nSPS) is 22.1. The molecule has 0 radical (unpaired) electrons. The third-order valence-electron chi connectivity index (χ3n) is 9.38. The van der Waals surface area contributed by atoms with E-state index in [0.717, 1.165) is 0 Å². The molecule has 3 heterocycles. The summed E-state index contributed by atoms with van der Waals surface area (Å²) in [5.41, 5.74) is 0.908. The number of hydrogen-bond acceptors (Lipinski definition) is 11. The first-order valence-corrected chi connectivity index (χ1v) is 19.0. The maximum absolute atomic E-state index is 12.1. The zero-order valence-electron chi connectivity index (χ0n) is 28.0. The molecule has 14 nitrogen and oxygen atoms in total. The average Bonchev–Trinajstić information content (AvgIpc) is 2.92. The average molecular weight is 730 g/mol. The van der Waals surface area contributed by atoms with E-state index in [9.17, 15) is 40.6 Å². The Morgan fingerprint density at radius 3 is 2.12 bits per heavy atom. The van der Waals surface area contributed by atoms with Crippen LogP contribution < -0.4 is 54.9 Å². The van der Waals surface area contributed by atoms with Crippen LogP contribution in [0.25, 0.3) is 0 Å². The minimum Gasteiger partial charge on any atom is -0.748 e. The Labute approximate surface area is 307 Å². The van der Waals surface area contributed by atoms with Gasteiger partial charge in [-0.15, -0.1) is 0 Å². The van der Waals surface area contributed by atoms with Gasteiger partial charge in [0.25, 0.3) is 0 Å². The van der Waals surface area contributed by atoms with E-state index in [1.165, 1.54) is 0 Å². The summed E-state index contributed by atoms with van der Waals surface area (Å²) in [6, 6.07) is 6.81. The monoisotopic (exact) mass is 729 g/mol. The fraction of sp³-hybridized carbons (Fsp3) is 0.562. The number of carbonyl (C=O) groups is 2. The van der Waals surface area contributed by atoms with Gasteiger partial charge in [-0.05, 0) is 50.8 Å². The number of ether oxygens (including phenoxy) is 1. The van der Waals surface area contributed by atoms with Crippen LogP contribution in [0.5, 0.6) is 11.5 Å². The zero-order valence-corrected chi connectivity index (χ0v) is 31.7. The summed E-state index contributed by atoms with van der Waals surface area (Å²) in [5, 5.41) is 22.8. The van der Waals surface area contributed by atoms with Crippen LogP contribution in [-0.2, 0) is 29.8 Å². The summed E-state index contributed by atoms with van der Waals surface area (Å²) >= 11 is 0. The van der Waals surface area contributed by atoms with Gasteiger partial charge in [-0.25, -0.2) is 26.4 Å². The summed E-state index contributed by atoms with van der Waals surface area (Å²) in [6.07, 6.45) is 2.16. The first-order chi connectivity index (χ1) is 22.2. The van der Waals surface area contributed by atoms with E-state index in [1.807, 2.05) is 25.3 Å². The van der Waals surface area contributed by atoms with Gasteiger partial charge in [0.15, 0.2) is 17.0 Å². The van der Waals surface area contributed by atoms with E-state index in [-0.39, 0.29) is 55.2 Å². The Hall–Kier alpha value is -2.60. The number of aliphatic carboxylic acids is 2. The molecule has 2 aromatic rings. The zero-order chi connectivity index (χ0) is 35.2. The Morgan fingerprint density at radius 2 is 1.51 bits per heavy atom.